The summed E-state index contributed by atoms with van der Waals surface area (Å²) < 4.78 is 0. The molecule has 0 aliphatic carbocycles. The lowest BCUT2D eigenvalue weighted by molar-refractivity contribution is -0.139. The van der Waals surface area contributed by atoms with E-state index in [4.69, 9.17) is 5.11 Å². The van der Waals surface area contributed by atoms with Crippen molar-refractivity contribution in [2.24, 2.45) is 0 Å². The second-order valence-electron chi connectivity index (χ2n) is 2.81. The summed E-state index contributed by atoms with van der Waals surface area (Å²) in [6, 6.07) is 3.40. The summed E-state index contributed by atoms with van der Waals surface area (Å²) in [6.45, 7) is 1.82. The molecular formula is C9H10N2O3. The number of nitrogens with one attached hydrogen (secondary N) is 1. The van der Waals surface area contributed by atoms with E-state index in [1.54, 1.807) is 12.1 Å². The molecule has 5 heteroatoms. The predicted molar refractivity (Wildman–Crippen MR) is 49.9 cm³/mol. The molecule has 1 heterocycles. The Kier molecular flexibility index (Phi) is 3.17. The van der Waals surface area contributed by atoms with Crippen molar-refractivity contribution in [3.05, 3.63) is 24.0 Å². The molecule has 0 aliphatic rings. The summed E-state index contributed by atoms with van der Waals surface area (Å²) in [4.78, 5) is 25.1. The van der Waals surface area contributed by atoms with Crippen LogP contribution < -0.4 is 5.32 Å². The number of aromatic nitrogens is 1. The molecule has 0 saturated carbocycles. The fourth-order valence-corrected chi connectivity index (χ4v) is 0.884. The highest BCUT2D eigenvalue weighted by Crippen LogP contribution is 2.05. The molecule has 14 heavy (non-hydrogen) atoms. The first-order chi connectivity index (χ1) is 6.58. The van der Waals surface area contributed by atoms with Crippen LogP contribution >= 0.6 is 0 Å². The zero-order chi connectivity index (χ0) is 10.6. The van der Waals surface area contributed by atoms with Gasteiger partial charge in [0.05, 0.1) is 11.9 Å². The van der Waals surface area contributed by atoms with E-state index in [1.807, 2.05) is 6.92 Å². The third kappa shape index (κ3) is 3.22. The molecule has 0 atom stereocenters. The Hall–Kier alpha value is -1.91. The second-order valence-corrected chi connectivity index (χ2v) is 2.81. The standard InChI is InChI=1S/C9H10N2O3/c1-6-2-3-7(5-10-6)11-8(12)4-9(13)14/h2-3,5H,4H2,1H3,(H,11,12)(H,13,14). The van der Waals surface area contributed by atoms with Gasteiger partial charge in [0.1, 0.15) is 6.42 Å². The van der Waals surface area contributed by atoms with Gasteiger partial charge in [0, 0.05) is 5.69 Å². The smallest absolute Gasteiger partial charge is 0.312 e. The molecule has 74 valence electrons. The van der Waals surface area contributed by atoms with Crippen molar-refractivity contribution >= 4 is 17.6 Å². The Balaban J connectivity index is 2.56. The van der Waals surface area contributed by atoms with Crippen molar-refractivity contribution < 1.29 is 14.7 Å². The molecule has 0 aliphatic heterocycles. The number of carbonyl (C=O) groups excluding carboxylic acids is 1. The van der Waals surface area contributed by atoms with Crippen molar-refractivity contribution in [2.45, 2.75) is 13.3 Å². The highest BCUT2D eigenvalue weighted by atomic mass is 16.4. The van der Waals surface area contributed by atoms with Crippen LogP contribution in [0.4, 0.5) is 5.69 Å². The molecule has 1 aromatic heterocycles. The quantitative estimate of drug-likeness (QED) is 0.697. The average Bonchev–Trinajstić information content (AvgIpc) is 2.07. The van der Waals surface area contributed by atoms with Gasteiger partial charge < -0.3 is 10.4 Å². The van der Waals surface area contributed by atoms with E-state index in [-0.39, 0.29) is 0 Å². The number of hydrogen-bond donors (Lipinski definition) is 2. The zero-order valence-electron chi connectivity index (χ0n) is 7.65. The lowest BCUT2D eigenvalue weighted by atomic mass is 10.3. The van der Waals surface area contributed by atoms with E-state index in [1.165, 1.54) is 6.20 Å². The number of carboxylic acid groups (broad SMARTS) is 1. The molecule has 0 fully saturated rings. The number of rotatable bonds is 3. The predicted octanol–water partition coefficient (Wildman–Crippen LogP) is 0.803. The molecule has 1 rings (SSSR count). The van der Waals surface area contributed by atoms with Crippen LogP contribution in [-0.2, 0) is 9.59 Å². The topological polar surface area (TPSA) is 79.3 Å². The van der Waals surface area contributed by atoms with E-state index in [0.29, 0.717) is 5.69 Å². The maximum absolute atomic E-state index is 11.0. The van der Waals surface area contributed by atoms with Crippen LogP contribution in [0.25, 0.3) is 0 Å². The van der Waals surface area contributed by atoms with Crippen LogP contribution in [0.2, 0.25) is 0 Å². The molecule has 0 aromatic carbocycles. The van der Waals surface area contributed by atoms with Crippen LogP contribution in [0.1, 0.15) is 12.1 Å². The molecule has 1 aromatic rings. The Morgan fingerprint density at radius 2 is 2.21 bits per heavy atom. The minimum Gasteiger partial charge on any atom is -0.481 e. The van der Waals surface area contributed by atoms with Crippen molar-refractivity contribution in [1.82, 2.24) is 4.98 Å². The number of pyridine rings is 1. The summed E-state index contributed by atoms with van der Waals surface area (Å²) in [7, 11) is 0. The second kappa shape index (κ2) is 4.36. The molecule has 0 saturated heterocycles. The normalized spacial score (nSPS) is 9.50. The molecule has 0 radical (unpaired) electrons. The van der Waals surface area contributed by atoms with E-state index in [0.717, 1.165) is 5.69 Å². The molecule has 5 nitrogen and oxygen atoms in total. The van der Waals surface area contributed by atoms with E-state index < -0.39 is 18.3 Å². The SMILES string of the molecule is Cc1ccc(NC(=O)CC(=O)O)cn1. The Morgan fingerprint density at radius 3 is 2.71 bits per heavy atom. The summed E-state index contributed by atoms with van der Waals surface area (Å²) in [5.41, 5.74) is 1.34. The van der Waals surface area contributed by atoms with E-state index in [2.05, 4.69) is 10.3 Å². The number of aliphatic carboxylic acids is 1. The number of aryl methyl sites for hydroxylation is 1. The van der Waals surface area contributed by atoms with Gasteiger partial charge in [-0.05, 0) is 19.1 Å². The molecular weight excluding hydrogens is 184 g/mol. The Morgan fingerprint density at radius 1 is 1.50 bits per heavy atom. The fourth-order valence-electron chi connectivity index (χ4n) is 0.884. The van der Waals surface area contributed by atoms with Gasteiger partial charge >= 0.3 is 5.97 Å². The number of nitrogens with zero attached hydrogens (tertiary/aromatic N) is 1. The summed E-state index contributed by atoms with van der Waals surface area (Å²) in [5.74, 6) is -1.70. The largest absolute Gasteiger partial charge is 0.481 e. The molecule has 2 N–H and O–H groups in total. The average molecular weight is 194 g/mol. The summed E-state index contributed by atoms with van der Waals surface area (Å²) >= 11 is 0. The lowest BCUT2D eigenvalue weighted by Crippen LogP contribution is -2.15. The number of carbonyl (C=O) groups is 2. The third-order valence-electron chi connectivity index (χ3n) is 1.51. The fraction of sp³-hybridized carbons (Fsp3) is 0.222. The maximum Gasteiger partial charge on any atom is 0.312 e. The van der Waals surface area contributed by atoms with Crippen LogP contribution in [0.5, 0.6) is 0 Å². The van der Waals surface area contributed by atoms with Gasteiger partial charge in [-0.2, -0.15) is 0 Å². The van der Waals surface area contributed by atoms with Crippen LogP contribution in [-0.4, -0.2) is 22.0 Å². The molecule has 0 unspecified atom stereocenters. The molecule has 0 spiro atoms. The molecule has 0 bridgehead atoms. The lowest BCUT2D eigenvalue weighted by Gasteiger charge is -2.02. The summed E-state index contributed by atoms with van der Waals surface area (Å²) in [5, 5.41) is 10.7. The van der Waals surface area contributed by atoms with Crippen molar-refractivity contribution in [2.75, 3.05) is 5.32 Å². The first-order valence-corrected chi connectivity index (χ1v) is 4.02. The van der Waals surface area contributed by atoms with Gasteiger partial charge in [-0.15, -0.1) is 0 Å². The molecule has 1 amide bonds. The minimum atomic E-state index is -1.15. The number of amides is 1. The Labute approximate surface area is 80.8 Å². The first-order valence-electron chi connectivity index (χ1n) is 4.02. The van der Waals surface area contributed by atoms with E-state index >= 15 is 0 Å². The van der Waals surface area contributed by atoms with Gasteiger partial charge in [0.2, 0.25) is 5.91 Å². The minimum absolute atomic E-state index is 0.502. The highest BCUT2D eigenvalue weighted by Gasteiger charge is 2.07. The van der Waals surface area contributed by atoms with Crippen molar-refractivity contribution in [1.29, 1.82) is 0 Å². The number of carboxylic acids is 1. The van der Waals surface area contributed by atoms with Crippen molar-refractivity contribution in [3.8, 4) is 0 Å². The van der Waals surface area contributed by atoms with Gasteiger partial charge in [0.15, 0.2) is 0 Å². The van der Waals surface area contributed by atoms with Gasteiger partial charge in [-0.3, -0.25) is 14.6 Å². The summed E-state index contributed by atoms with van der Waals surface area (Å²) in [6.07, 6.45) is 0.947. The third-order valence-corrected chi connectivity index (χ3v) is 1.51. The van der Waals surface area contributed by atoms with Gasteiger partial charge in [-0.25, -0.2) is 0 Å². The van der Waals surface area contributed by atoms with Gasteiger partial charge in [0.25, 0.3) is 0 Å². The first kappa shape index (κ1) is 10.2. The van der Waals surface area contributed by atoms with Crippen LogP contribution in [0.3, 0.4) is 0 Å². The van der Waals surface area contributed by atoms with Crippen LogP contribution in [0.15, 0.2) is 18.3 Å². The number of anilines is 1. The van der Waals surface area contributed by atoms with Gasteiger partial charge in [-0.1, -0.05) is 0 Å². The number of hydrogen-bond acceptors (Lipinski definition) is 3. The van der Waals surface area contributed by atoms with Crippen LogP contribution in [0, 0.1) is 6.92 Å². The highest BCUT2D eigenvalue weighted by molar-refractivity contribution is 6.01. The zero-order valence-corrected chi connectivity index (χ0v) is 7.65. The Bertz CT molecular complexity index is 346. The van der Waals surface area contributed by atoms with E-state index in [9.17, 15) is 9.59 Å². The maximum atomic E-state index is 11.0. The van der Waals surface area contributed by atoms with Crippen molar-refractivity contribution in [3.63, 3.8) is 0 Å². The monoisotopic (exact) mass is 194 g/mol.